The Hall–Kier alpha value is -11.3. The van der Waals surface area contributed by atoms with Crippen molar-refractivity contribution in [3.8, 4) is 5.69 Å². The van der Waals surface area contributed by atoms with E-state index in [0.717, 1.165) is 45.3 Å². The van der Waals surface area contributed by atoms with Gasteiger partial charge in [-0.25, -0.2) is 15.0 Å². The lowest BCUT2D eigenvalue weighted by Crippen LogP contribution is -2.42. The molecule has 110 heavy (non-hydrogen) atoms. The molecule has 562 valence electrons. The first-order valence-electron chi connectivity index (χ1n) is 37.3. The number of carbonyl (C=O) groups excluding carboxylic acids is 3. The van der Waals surface area contributed by atoms with Crippen molar-refractivity contribution in [2.45, 2.75) is 84.1 Å². The average Bonchev–Trinajstić information content (AvgIpc) is 0.771. The molecule has 19 heteroatoms. The number of hydrogen-bond acceptors (Lipinski definition) is 11. The topological polar surface area (TPSA) is 172 Å². The van der Waals surface area contributed by atoms with E-state index in [9.17, 15) is 28.8 Å². The average molecular weight is 1550 g/mol. The first-order valence-corrected chi connectivity index (χ1v) is 38.5. The van der Waals surface area contributed by atoms with Crippen molar-refractivity contribution in [1.82, 2.24) is 53.2 Å². The molecule has 13 aromatic rings. The molecule has 3 heterocycles. The molecule has 3 aromatic heterocycles. The number of hydrogen-bond donors (Lipinski definition) is 0. The van der Waals surface area contributed by atoms with Gasteiger partial charge in [-0.1, -0.05) is 230 Å². The summed E-state index contributed by atoms with van der Waals surface area (Å²) in [6.07, 6.45) is 2.39. The van der Waals surface area contributed by atoms with E-state index in [0.29, 0.717) is 119 Å². The Balaban J connectivity index is 0.000000164. The summed E-state index contributed by atoms with van der Waals surface area (Å²) in [5.41, 5.74) is 7.27. The van der Waals surface area contributed by atoms with Gasteiger partial charge in [-0.15, -0.1) is 0 Å². The Morgan fingerprint density at radius 3 is 1.33 bits per heavy atom. The molecule has 3 amide bonds. The zero-order valence-electron chi connectivity index (χ0n) is 63.5. The highest BCUT2D eigenvalue weighted by atomic mass is 79.9. The predicted octanol–water partition coefficient (Wildman–Crippen LogP) is 17.1. The van der Waals surface area contributed by atoms with Gasteiger partial charge >= 0.3 is 0 Å². The summed E-state index contributed by atoms with van der Waals surface area (Å²) in [5.74, 6) is 1.02. The van der Waals surface area contributed by atoms with E-state index in [1.54, 1.807) is 61.1 Å². The molecule has 10 aromatic carbocycles. The third kappa shape index (κ3) is 19.4. The largest absolute Gasteiger partial charge is 0.332 e. The van der Waals surface area contributed by atoms with Gasteiger partial charge in [0.2, 0.25) is 5.91 Å². The molecule has 0 fully saturated rings. The van der Waals surface area contributed by atoms with Crippen molar-refractivity contribution in [3.05, 3.63) is 364 Å². The van der Waals surface area contributed by atoms with Gasteiger partial charge in [-0.05, 0) is 168 Å². The molecule has 0 saturated carbocycles. The third-order valence-electron chi connectivity index (χ3n) is 19.5. The second-order valence-electron chi connectivity index (χ2n) is 27.7. The third-order valence-corrected chi connectivity index (χ3v) is 20.3. The summed E-state index contributed by atoms with van der Waals surface area (Å²) in [4.78, 5) is 108. The fourth-order valence-corrected chi connectivity index (χ4v) is 14.2. The maximum absolute atomic E-state index is 14.6. The van der Waals surface area contributed by atoms with E-state index < -0.39 is 24.0 Å². The van der Waals surface area contributed by atoms with Gasteiger partial charge in [0.1, 0.15) is 17.5 Å². The summed E-state index contributed by atoms with van der Waals surface area (Å²) < 4.78 is 5.94. The highest BCUT2D eigenvalue weighted by Crippen LogP contribution is 2.34. The fourth-order valence-electron chi connectivity index (χ4n) is 13.6. The van der Waals surface area contributed by atoms with Crippen LogP contribution in [0.15, 0.2) is 292 Å². The van der Waals surface area contributed by atoms with Crippen molar-refractivity contribution in [3.63, 3.8) is 0 Å². The number of para-hydroxylation sites is 4. The van der Waals surface area contributed by atoms with E-state index >= 15 is 0 Å². The van der Waals surface area contributed by atoms with Gasteiger partial charge in [0.25, 0.3) is 28.5 Å². The number of aromatic nitrogens is 6. The zero-order valence-corrected chi connectivity index (χ0v) is 65.8. The molecule has 0 N–H and O–H groups in total. The SMILES string of the molecule is CC(c1nc2ccccc2c(=O)n1Cc1ccccc1)N(CCN(C)C)C(=O)c1cccc(Br)c1.CCC(c1nc2ccccc2c(=O)n1Cc1ccccc1)N(CCN(C)C)C(=O)c1ccc(Cl)cc1.CCCCN(C(=O)C(c1ccccc1)c1ccccc1)C(C)c1nc2ccccc2c(=O)n1-c1ccccc1. The summed E-state index contributed by atoms with van der Waals surface area (Å²) in [7, 11) is 7.91. The summed E-state index contributed by atoms with van der Waals surface area (Å²) in [6, 6.07) is 84.3. The number of amides is 3. The lowest BCUT2D eigenvalue weighted by atomic mass is 9.89. The molecule has 0 aliphatic rings. The van der Waals surface area contributed by atoms with Crippen molar-refractivity contribution >= 4 is 78.0 Å². The number of fused-ring (bicyclic) bond motifs is 3. The maximum Gasteiger partial charge on any atom is 0.266 e. The normalized spacial score (nSPS) is 12.1. The van der Waals surface area contributed by atoms with Crippen LogP contribution in [-0.2, 0) is 17.9 Å². The number of unbranched alkanes of at least 4 members (excludes halogenated alkanes) is 1. The van der Waals surface area contributed by atoms with Gasteiger partial charge in [-0.3, -0.25) is 42.5 Å². The second kappa shape index (κ2) is 38.2. The van der Waals surface area contributed by atoms with Crippen LogP contribution in [0.25, 0.3) is 38.4 Å². The lowest BCUT2D eigenvalue weighted by Gasteiger charge is -2.34. The van der Waals surface area contributed by atoms with Gasteiger partial charge in [0.05, 0.1) is 75.5 Å². The molecule has 13 rings (SSSR count). The molecule has 3 atom stereocenters. The van der Waals surface area contributed by atoms with Crippen LogP contribution in [-0.4, -0.2) is 132 Å². The number of rotatable bonds is 26. The Bertz CT molecular complexity index is 5400. The number of carbonyl (C=O) groups is 3. The minimum Gasteiger partial charge on any atom is -0.332 e. The Morgan fingerprint density at radius 1 is 0.427 bits per heavy atom. The van der Waals surface area contributed by atoms with Crippen molar-refractivity contribution in [2.24, 2.45) is 0 Å². The fraction of sp³-hybridized carbons (Fsp3) is 0.242. The Morgan fingerprint density at radius 2 is 0.845 bits per heavy atom. The molecule has 0 radical (unpaired) electrons. The monoisotopic (exact) mass is 1550 g/mol. The van der Waals surface area contributed by atoms with E-state index in [-0.39, 0.29) is 34.4 Å². The van der Waals surface area contributed by atoms with Crippen LogP contribution in [0.4, 0.5) is 0 Å². The molecule has 0 aliphatic heterocycles. The second-order valence-corrected chi connectivity index (χ2v) is 29.1. The van der Waals surface area contributed by atoms with E-state index in [1.807, 2.05) is 299 Å². The number of halogens is 2. The van der Waals surface area contributed by atoms with Crippen LogP contribution in [0.2, 0.25) is 5.02 Å². The summed E-state index contributed by atoms with van der Waals surface area (Å²) >= 11 is 9.55. The van der Waals surface area contributed by atoms with Crippen LogP contribution in [0.1, 0.15) is 131 Å². The highest BCUT2D eigenvalue weighted by molar-refractivity contribution is 9.10. The minimum atomic E-state index is -0.468. The smallest absolute Gasteiger partial charge is 0.266 e. The van der Waals surface area contributed by atoms with Crippen molar-refractivity contribution in [2.75, 3.05) is 60.9 Å². The van der Waals surface area contributed by atoms with Crippen LogP contribution in [0.5, 0.6) is 0 Å². The first-order chi connectivity index (χ1) is 53.3. The van der Waals surface area contributed by atoms with Crippen LogP contribution < -0.4 is 16.7 Å². The summed E-state index contributed by atoms with van der Waals surface area (Å²) in [5, 5.41) is 2.26. The van der Waals surface area contributed by atoms with Crippen LogP contribution in [0.3, 0.4) is 0 Å². The molecular formula is C91H93BrClN11O6. The standard InChI is InChI=1S/C34H33N3O2.C29H31ClN4O2.C28H29BrN4O2/c1-3-4-24-36(34(39)31(26-16-8-5-9-17-26)27-18-10-6-11-19-27)25(2)32-35-30-23-15-14-22-29(30)33(38)37(32)28-20-12-7-13-21-28;1-4-26(33(19-18-32(2)3)28(35)22-14-16-23(30)17-15-22)27-31-25-13-9-8-12-24(25)29(36)34(27)20-21-10-6-5-7-11-21;1-20(32(17-16-31(2)3)27(34)22-12-9-13-23(29)18-22)26-30-25-15-8-7-14-24(25)28(35)33(26)19-21-10-5-4-6-11-21/h5-23,25,31H,3-4,24H2,1-2H3;5-17,26H,4,18-20H2,1-3H3;4-15,18,20H,16-17,19H2,1-3H3. The number of benzene rings is 10. The van der Waals surface area contributed by atoms with Gasteiger partial charge < -0.3 is 24.5 Å². The van der Waals surface area contributed by atoms with Crippen molar-refractivity contribution in [1.29, 1.82) is 0 Å². The molecule has 0 bridgehead atoms. The van der Waals surface area contributed by atoms with E-state index in [2.05, 4.69) is 22.9 Å². The molecule has 0 saturated heterocycles. The molecular weight excluding hydrogens is 1460 g/mol. The lowest BCUT2D eigenvalue weighted by molar-refractivity contribution is -0.134. The Kier molecular flexibility index (Phi) is 27.7. The zero-order chi connectivity index (χ0) is 77.8. The predicted molar refractivity (Wildman–Crippen MR) is 446 cm³/mol. The van der Waals surface area contributed by atoms with Gasteiger partial charge in [0.15, 0.2) is 0 Å². The maximum atomic E-state index is 14.6. The molecule has 0 aliphatic carbocycles. The van der Waals surface area contributed by atoms with E-state index in [1.165, 1.54) is 0 Å². The molecule has 3 unspecified atom stereocenters. The van der Waals surface area contributed by atoms with Crippen LogP contribution in [0, 0.1) is 0 Å². The Labute approximate surface area is 656 Å². The quantitative estimate of drug-likeness (QED) is 0.0505. The van der Waals surface area contributed by atoms with Gasteiger partial charge in [0, 0.05) is 53.3 Å². The van der Waals surface area contributed by atoms with E-state index in [4.69, 9.17) is 26.6 Å². The minimum absolute atomic E-state index is 0.00429. The highest BCUT2D eigenvalue weighted by Gasteiger charge is 2.35. The molecule has 0 spiro atoms. The number of nitrogens with zero attached hydrogens (tertiary/aromatic N) is 11. The first kappa shape index (κ1) is 79.8. The number of likely N-dealkylation sites (N-methyl/N-ethyl adjacent to an activating group) is 2. The van der Waals surface area contributed by atoms with Gasteiger partial charge in [-0.2, -0.15) is 0 Å². The van der Waals surface area contributed by atoms with Crippen LogP contribution >= 0.6 is 27.5 Å². The van der Waals surface area contributed by atoms with Crippen molar-refractivity contribution < 1.29 is 14.4 Å². The summed E-state index contributed by atoms with van der Waals surface area (Å²) in [6.45, 7) is 11.7. The molecule has 17 nitrogen and oxygen atoms in total.